The molecule has 0 bridgehead atoms. The summed E-state index contributed by atoms with van der Waals surface area (Å²) >= 11 is 1.81. The third kappa shape index (κ3) is 2.67. The Labute approximate surface area is 115 Å². The summed E-state index contributed by atoms with van der Waals surface area (Å²) in [6, 6.07) is 5.96. The van der Waals surface area contributed by atoms with Crippen LogP contribution >= 0.6 is 22.6 Å². The highest BCUT2D eigenvalue weighted by Crippen LogP contribution is 2.22. The van der Waals surface area contributed by atoms with Crippen LogP contribution in [0.25, 0.3) is 0 Å². The number of nitrogens with one attached hydrogen (secondary N) is 1. The summed E-state index contributed by atoms with van der Waals surface area (Å²) in [6.45, 7) is 0. The predicted octanol–water partition coefficient (Wildman–Crippen LogP) is 1.86. The Morgan fingerprint density at radius 1 is 1.44 bits per heavy atom. The van der Waals surface area contributed by atoms with Gasteiger partial charge in [-0.15, -0.1) is 0 Å². The first-order valence-corrected chi connectivity index (χ1v) is 5.90. The van der Waals surface area contributed by atoms with E-state index in [1.165, 1.54) is 18.5 Å². The Hall–Kier alpha value is -1.90. The molecule has 0 aliphatic carbocycles. The highest BCUT2D eigenvalue weighted by molar-refractivity contribution is 14.1. The molecule has 0 spiro atoms. The molecule has 0 amide bonds. The maximum Gasteiger partial charge on any atom is 0.335 e. The van der Waals surface area contributed by atoms with E-state index in [1.54, 1.807) is 34.7 Å². The van der Waals surface area contributed by atoms with Gasteiger partial charge < -0.3 is 14.8 Å². The Morgan fingerprint density at radius 2 is 2.22 bits per heavy atom. The van der Waals surface area contributed by atoms with Gasteiger partial charge in [0.15, 0.2) is 0 Å². The maximum absolute atomic E-state index is 11.3. The SMILES string of the molecule is O=C(O)c1cccc(Oc2nc[nH]c(=O)c2I)c1. The minimum Gasteiger partial charge on any atom is -0.478 e. The van der Waals surface area contributed by atoms with Crippen molar-refractivity contribution in [2.45, 2.75) is 0 Å². The zero-order valence-corrected chi connectivity index (χ0v) is 11.0. The number of aromatic nitrogens is 2. The second-order valence-electron chi connectivity index (χ2n) is 3.29. The first-order chi connectivity index (χ1) is 8.58. The van der Waals surface area contributed by atoms with Crippen LogP contribution in [0.5, 0.6) is 11.6 Å². The average Bonchev–Trinajstić information content (AvgIpc) is 2.35. The first-order valence-electron chi connectivity index (χ1n) is 4.82. The van der Waals surface area contributed by atoms with E-state index in [-0.39, 0.29) is 17.0 Å². The normalized spacial score (nSPS) is 10.1. The van der Waals surface area contributed by atoms with Crippen LogP contribution in [0.3, 0.4) is 0 Å². The van der Waals surface area contributed by atoms with E-state index >= 15 is 0 Å². The molecular formula is C11H7IN2O4. The molecular weight excluding hydrogens is 351 g/mol. The molecule has 2 aromatic rings. The number of ether oxygens (including phenoxy) is 1. The fourth-order valence-electron chi connectivity index (χ4n) is 1.24. The highest BCUT2D eigenvalue weighted by Gasteiger charge is 2.09. The van der Waals surface area contributed by atoms with Crippen LogP contribution in [0.15, 0.2) is 35.4 Å². The van der Waals surface area contributed by atoms with Gasteiger partial charge in [0.2, 0.25) is 5.88 Å². The summed E-state index contributed by atoms with van der Waals surface area (Å²) in [5.41, 5.74) is -0.206. The number of carboxylic acids is 1. The first kappa shape index (κ1) is 12.6. The summed E-state index contributed by atoms with van der Waals surface area (Å²) in [5.74, 6) is -0.596. The molecule has 1 heterocycles. The summed E-state index contributed by atoms with van der Waals surface area (Å²) in [7, 11) is 0. The molecule has 92 valence electrons. The van der Waals surface area contributed by atoms with Crippen molar-refractivity contribution in [1.29, 1.82) is 0 Å². The summed E-state index contributed by atoms with van der Waals surface area (Å²) in [6.07, 6.45) is 1.22. The lowest BCUT2D eigenvalue weighted by atomic mass is 10.2. The van der Waals surface area contributed by atoms with Crippen molar-refractivity contribution in [3.05, 3.63) is 50.1 Å². The van der Waals surface area contributed by atoms with Crippen LogP contribution in [0.1, 0.15) is 10.4 Å². The molecule has 2 rings (SSSR count). The number of nitrogens with zero attached hydrogens (tertiary/aromatic N) is 1. The molecule has 1 aromatic heterocycles. The Balaban J connectivity index is 2.34. The number of H-pyrrole nitrogens is 1. The Morgan fingerprint density at radius 3 is 2.94 bits per heavy atom. The molecule has 0 radical (unpaired) electrons. The summed E-state index contributed by atoms with van der Waals surface area (Å²) < 4.78 is 5.68. The van der Waals surface area contributed by atoms with Gasteiger partial charge in [0, 0.05) is 0 Å². The molecule has 0 saturated carbocycles. The quantitative estimate of drug-likeness (QED) is 0.818. The fraction of sp³-hybridized carbons (Fsp3) is 0. The monoisotopic (exact) mass is 358 g/mol. The van der Waals surface area contributed by atoms with Gasteiger partial charge in [-0.3, -0.25) is 4.79 Å². The topological polar surface area (TPSA) is 92.3 Å². The van der Waals surface area contributed by atoms with Crippen molar-refractivity contribution >= 4 is 28.6 Å². The molecule has 1 aromatic carbocycles. The van der Waals surface area contributed by atoms with E-state index in [4.69, 9.17) is 9.84 Å². The van der Waals surface area contributed by atoms with Crippen molar-refractivity contribution in [3.63, 3.8) is 0 Å². The van der Waals surface area contributed by atoms with Crippen molar-refractivity contribution in [2.75, 3.05) is 0 Å². The number of carbonyl (C=O) groups is 1. The average molecular weight is 358 g/mol. The fourth-order valence-corrected chi connectivity index (χ4v) is 1.65. The molecule has 18 heavy (non-hydrogen) atoms. The van der Waals surface area contributed by atoms with Crippen molar-refractivity contribution < 1.29 is 14.6 Å². The van der Waals surface area contributed by atoms with Crippen LogP contribution in [-0.4, -0.2) is 21.0 Å². The number of halogens is 1. The molecule has 0 fully saturated rings. The van der Waals surface area contributed by atoms with Gasteiger partial charge in [-0.2, -0.15) is 0 Å². The number of aromatic carboxylic acids is 1. The van der Waals surface area contributed by atoms with Crippen LogP contribution in [0.4, 0.5) is 0 Å². The molecule has 0 unspecified atom stereocenters. The van der Waals surface area contributed by atoms with Crippen LogP contribution in [-0.2, 0) is 0 Å². The number of rotatable bonds is 3. The van der Waals surface area contributed by atoms with E-state index in [9.17, 15) is 9.59 Å². The number of aromatic amines is 1. The lowest BCUT2D eigenvalue weighted by molar-refractivity contribution is 0.0696. The number of carboxylic acid groups (broad SMARTS) is 1. The zero-order valence-electron chi connectivity index (χ0n) is 8.88. The third-order valence-electron chi connectivity index (χ3n) is 2.06. The van der Waals surface area contributed by atoms with Crippen LogP contribution in [0.2, 0.25) is 0 Å². The van der Waals surface area contributed by atoms with Gasteiger partial charge in [-0.05, 0) is 40.8 Å². The van der Waals surface area contributed by atoms with Gasteiger partial charge >= 0.3 is 5.97 Å². The van der Waals surface area contributed by atoms with E-state index in [0.717, 1.165) is 0 Å². The second kappa shape index (κ2) is 5.17. The van der Waals surface area contributed by atoms with E-state index in [0.29, 0.717) is 9.32 Å². The Bertz CT molecular complexity index is 653. The minimum atomic E-state index is -1.05. The molecule has 0 aliphatic rings. The van der Waals surface area contributed by atoms with Gasteiger partial charge in [0.25, 0.3) is 5.56 Å². The zero-order chi connectivity index (χ0) is 13.1. The standard InChI is InChI=1S/C11H7IN2O4/c12-8-9(15)13-5-14-10(8)18-7-3-1-2-6(4-7)11(16)17/h1-5H,(H,16,17)(H,13,14,15). The van der Waals surface area contributed by atoms with Crippen molar-refractivity contribution in [2.24, 2.45) is 0 Å². The second-order valence-corrected chi connectivity index (χ2v) is 4.36. The summed E-state index contributed by atoms with van der Waals surface area (Å²) in [5, 5.41) is 8.85. The summed E-state index contributed by atoms with van der Waals surface area (Å²) in [4.78, 5) is 28.4. The third-order valence-corrected chi connectivity index (χ3v) is 3.01. The van der Waals surface area contributed by atoms with Crippen LogP contribution < -0.4 is 10.3 Å². The smallest absolute Gasteiger partial charge is 0.335 e. The highest BCUT2D eigenvalue weighted by atomic mass is 127. The molecule has 7 heteroatoms. The van der Waals surface area contributed by atoms with E-state index < -0.39 is 5.97 Å². The Kier molecular flexibility index (Phi) is 3.60. The number of benzene rings is 1. The molecule has 6 nitrogen and oxygen atoms in total. The largest absolute Gasteiger partial charge is 0.478 e. The lowest BCUT2D eigenvalue weighted by Gasteiger charge is -2.06. The number of hydrogen-bond donors (Lipinski definition) is 2. The van der Waals surface area contributed by atoms with E-state index in [2.05, 4.69) is 9.97 Å². The van der Waals surface area contributed by atoms with Gasteiger partial charge in [0.05, 0.1) is 11.9 Å². The number of hydrogen-bond acceptors (Lipinski definition) is 4. The maximum atomic E-state index is 11.3. The molecule has 0 atom stereocenters. The van der Waals surface area contributed by atoms with Gasteiger partial charge in [0.1, 0.15) is 9.32 Å². The predicted molar refractivity (Wildman–Crippen MR) is 71.1 cm³/mol. The van der Waals surface area contributed by atoms with Crippen LogP contribution in [0, 0.1) is 3.57 Å². The lowest BCUT2D eigenvalue weighted by Crippen LogP contribution is -2.11. The molecule has 2 N–H and O–H groups in total. The van der Waals surface area contributed by atoms with Crippen molar-refractivity contribution in [3.8, 4) is 11.6 Å². The molecule has 0 saturated heterocycles. The van der Waals surface area contributed by atoms with E-state index in [1.807, 2.05) is 0 Å². The molecule has 0 aliphatic heterocycles. The van der Waals surface area contributed by atoms with Gasteiger partial charge in [-0.25, -0.2) is 9.78 Å². The van der Waals surface area contributed by atoms with Crippen molar-refractivity contribution in [1.82, 2.24) is 9.97 Å². The minimum absolute atomic E-state index is 0.104. The van der Waals surface area contributed by atoms with Gasteiger partial charge in [-0.1, -0.05) is 6.07 Å².